The standard InChI is InChI=1S/C14H10BrNO4/c15-12-7-6-10(20-12)8-11(14(18)19)16-13(17)9-4-2-1-3-5-9/h1-8H,(H,16,17)(H,18,19)/p-1/b11-8+. The highest BCUT2D eigenvalue weighted by Crippen LogP contribution is 2.16. The average molecular weight is 335 g/mol. The fourth-order valence-corrected chi connectivity index (χ4v) is 1.80. The van der Waals surface area contributed by atoms with Crippen molar-refractivity contribution in [2.24, 2.45) is 0 Å². The zero-order valence-electron chi connectivity index (χ0n) is 10.1. The van der Waals surface area contributed by atoms with Gasteiger partial charge in [-0.1, -0.05) is 18.2 Å². The topological polar surface area (TPSA) is 82.4 Å². The van der Waals surface area contributed by atoms with Gasteiger partial charge in [-0.2, -0.15) is 0 Å². The van der Waals surface area contributed by atoms with E-state index in [-0.39, 0.29) is 11.5 Å². The number of amides is 1. The van der Waals surface area contributed by atoms with Gasteiger partial charge in [0.25, 0.3) is 5.91 Å². The van der Waals surface area contributed by atoms with Gasteiger partial charge in [-0.25, -0.2) is 0 Å². The van der Waals surface area contributed by atoms with Crippen molar-refractivity contribution in [3.8, 4) is 0 Å². The smallest absolute Gasteiger partial charge is 0.255 e. The number of nitrogens with one attached hydrogen (secondary N) is 1. The SMILES string of the molecule is O=C([O-])/C(=C\c1ccc(Br)o1)NC(=O)c1ccccc1. The molecule has 0 aliphatic rings. The van der Waals surface area contributed by atoms with E-state index in [4.69, 9.17) is 4.42 Å². The first-order chi connectivity index (χ1) is 9.56. The number of carbonyl (C=O) groups excluding carboxylic acids is 2. The fourth-order valence-electron chi connectivity index (χ4n) is 1.48. The molecule has 1 heterocycles. The average Bonchev–Trinajstić information content (AvgIpc) is 2.84. The maximum absolute atomic E-state index is 11.9. The summed E-state index contributed by atoms with van der Waals surface area (Å²) in [5, 5.41) is 13.3. The molecular formula is C14H9BrNO4-. The maximum atomic E-state index is 11.9. The highest BCUT2D eigenvalue weighted by atomic mass is 79.9. The third-order valence-electron chi connectivity index (χ3n) is 2.38. The minimum absolute atomic E-state index is 0.282. The second-order valence-electron chi connectivity index (χ2n) is 3.81. The van der Waals surface area contributed by atoms with Crippen molar-refractivity contribution in [1.29, 1.82) is 0 Å². The molecule has 1 amide bonds. The number of furan rings is 1. The van der Waals surface area contributed by atoms with Crippen LogP contribution in [0.15, 0.2) is 57.2 Å². The monoisotopic (exact) mass is 334 g/mol. The van der Waals surface area contributed by atoms with E-state index in [0.717, 1.165) is 0 Å². The predicted octanol–water partition coefficient (Wildman–Crippen LogP) is 1.56. The van der Waals surface area contributed by atoms with E-state index < -0.39 is 11.9 Å². The first-order valence-corrected chi connectivity index (χ1v) is 6.40. The van der Waals surface area contributed by atoms with Gasteiger partial charge in [-0.15, -0.1) is 0 Å². The number of aliphatic carboxylic acids is 1. The minimum atomic E-state index is -1.50. The van der Waals surface area contributed by atoms with E-state index in [1.54, 1.807) is 42.5 Å². The number of carboxylic acids is 1. The summed E-state index contributed by atoms with van der Waals surface area (Å²) in [6.45, 7) is 0. The second kappa shape index (κ2) is 6.21. The Morgan fingerprint density at radius 3 is 2.40 bits per heavy atom. The molecule has 0 radical (unpaired) electrons. The van der Waals surface area contributed by atoms with Gasteiger partial charge < -0.3 is 19.6 Å². The highest BCUT2D eigenvalue weighted by Gasteiger charge is 2.09. The van der Waals surface area contributed by atoms with Crippen molar-refractivity contribution in [1.82, 2.24) is 5.32 Å². The quantitative estimate of drug-likeness (QED) is 0.860. The summed E-state index contributed by atoms with van der Waals surface area (Å²) < 4.78 is 5.60. The molecule has 5 nitrogen and oxygen atoms in total. The number of hydrogen-bond acceptors (Lipinski definition) is 4. The summed E-state index contributed by atoms with van der Waals surface area (Å²) in [5.74, 6) is -1.75. The van der Waals surface area contributed by atoms with Gasteiger partial charge in [0.2, 0.25) is 0 Å². The number of halogens is 1. The number of hydrogen-bond donors (Lipinski definition) is 1. The lowest BCUT2D eigenvalue weighted by atomic mass is 10.2. The van der Waals surface area contributed by atoms with Gasteiger partial charge in [-0.3, -0.25) is 4.79 Å². The Kier molecular flexibility index (Phi) is 4.37. The third kappa shape index (κ3) is 3.58. The van der Waals surface area contributed by atoms with E-state index in [1.165, 1.54) is 6.08 Å². The molecule has 0 aliphatic carbocycles. The van der Waals surface area contributed by atoms with E-state index in [9.17, 15) is 14.7 Å². The molecule has 0 spiro atoms. The Morgan fingerprint density at radius 2 is 1.85 bits per heavy atom. The number of rotatable bonds is 4. The van der Waals surface area contributed by atoms with Crippen LogP contribution < -0.4 is 10.4 Å². The molecule has 102 valence electrons. The van der Waals surface area contributed by atoms with E-state index in [2.05, 4.69) is 21.2 Å². The lowest BCUT2D eigenvalue weighted by Crippen LogP contribution is -2.35. The van der Waals surface area contributed by atoms with E-state index in [0.29, 0.717) is 10.2 Å². The fraction of sp³-hybridized carbons (Fsp3) is 0. The molecule has 6 heteroatoms. The highest BCUT2D eigenvalue weighted by molar-refractivity contribution is 9.10. The molecule has 1 N–H and O–H groups in total. The number of carbonyl (C=O) groups is 2. The van der Waals surface area contributed by atoms with Crippen LogP contribution in [0.4, 0.5) is 0 Å². The van der Waals surface area contributed by atoms with Crippen LogP contribution in [0.25, 0.3) is 6.08 Å². The normalized spacial score (nSPS) is 11.2. The van der Waals surface area contributed by atoms with Crippen LogP contribution in [0.5, 0.6) is 0 Å². The molecule has 0 unspecified atom stereocenters. The van der Waals surface area contributed by atoms with Crippen LogP contribution in [-0.4, -0.2) is 11.9 Å². The summed E-state index contributed by atoms with van der Waals surface area (Å²) in [4.78, 5) is 22.9. The van der Waals surface area contributed by atoms with Gasteiger partial charge in [0, 0.05) is 11.6 Å². The minimum Gasteiger partial charge on any atom is -0.543 e. The first kappa shape index (κ1) is 14.1. The zero-order chi connectivity index (χ0) is 14.5. The van der Waals surface area contributed by atoms with Gasteiger partial charge in [-0.05, 0) is 40.2 Å². The van der Waals surface area contributed by atoms with Crippen LogP contribution in [-0.2, 0) is 4.79 Å². The molecular weight excluding hydrogens is 326 g/mol. The van der Waals surface area contributed by atoms with Crippen LogP contribution in [0.1, 0.15) is 16.1 Å². The summed E-state index contributed by atoms with van der Waals surface area (Å²) in [5.41, 5.74) is -0.0269. The molecule has 2 rings (SSSR count). The molecule has 0 aliphatic heterocycles. The molecule has 0 atom stereocenters. The van der Waals surface area contributed by atoms with Crippen molar-refractivity contribution in [2.75, 3.05) is 0 Å². The Hall–Kier alpha value is -2.34. The Morgan fingerprint density at radius 1 is 1.15 bits per heavy atom. The van der Waals surface area contributed by atoms with Crippen molar-refractivity contribution in [2.45, 2.75) is 0 Å². The summed E-state index contributed by atoms with van der Waals surface area (Å²) in [6, 6.07) is 11.4. The largest absolute Gasteiger partial charge is 0.543 e. The van der Waals surface area contributed by atoms with E-state index >= 15 is 0 Å². The summed E-state index contributed by atoms with van der Waals surface area (Å²) in [7, 11) is 0. The van der Waals surface area contributed by atoms with Crippen molar-refractivity contribution in [3.63, 3.8) is 0 Å². The molecule has 0 fully saturated rings. The third-order valence-corrected chi connectivity index (χ3v) is 2.81. The maximum Gasteiger partial charge on any atom is 0.255 e. The number of carboxylic acid groups (broad SMARTS) is 1. The van der Waals surface area contributed by atoms with Crippen LogP contribution in [0.3, 0.4) is 0 Å². The molecule has 20 heavy (non-hydrogen) atoms. The molecule has 0 bridgehead atoms. The lowest BCUT2D eigenvalue weighted by Gasteiger charge is -2.10. The van der Waals surface area contributed by atoms with Crippen molar-refractivity contribution < 1.29 is 19.1 Å². The van der Waals surface area contributed by atoms with Crippen molar-refractivity contribution in [3.05, 3.63) is 64.2 Å². The van der Waals surface area contributed by atoms with Crippen LogP contribution in [0, 0.1) is 0 Å². The first-order valence-electron chi connectivity index (χ1n) is 5.61. The molecule has 0 saturated heterocycles. The van der Waals surface area contributed by atoms with E-state index in [1.807, 2.05) is 0 Å². The second-order valence-corrected chi connectivity index (χ2v) is 4.59. The Balaban J connectivity index is 2.20. The number of benzene rings is 1. The summed E-state index contributed by atoms with van der Waals surface area (Å²) in [6.07, 6.45) is 1.18. The molecule has 1 aromatic heterocycles. The zero-order valence-corrected chi connectivity index (χ0v) is 11.7. The van der Waals surface area contributed by atoms with Gasteiger partial charge in [0.05, 0.1) is 11.7 Å². The van der Waals surface area contributed by atoms with Crippen LogP contribution >= 0.6 is 15.9 Å². The van der Waals surface area contributed by atoms with Gasteiger partial charge in [0.1, 0.15) is 5.76 Å². The van der Waals surface area contributed by atoms with Gasteiger partial charge in [0.15, 0.2) is 4.67 Å². The molecule has 1 aromatic carbocycles. The summed E-state index contributed by atoms with van der Waals surface area (Å²) >= 11 is 3.10. The predicted molar refractivity (Wildman–Crippen MR) is 73.3 cm³/mol. The Bertz CT molecular complexity index is 661. The Labute approximate surface area is 123 Å². The van der Waals surface area contributed by atoms with Gasteiger partial charge >= 0.3 is 0 Å². The van der Waals surface area contributed by atoms with Crippen LogP contribution in [0.2, 0.25) is 0 Å². The van der Waals surface area contributed by atoms with Crippen molar-refractivity contribution >= 4 is 33.9 Å². The molecule has 0 saturated carbocycles. The lowest BCUT2D eigenvalue weighted by molar-refractivity contribution is -0.299. The molecule has 2 aromatic rings.